The molecule has 1 amide bonds. The van der Waals surface area contributed by atoms with E-state index in [2.05, 4.69) is 27.3 Å². The Bertz CT molecular complexity index is 946. The van der Waals surface area contributed by atoms with Gasteiger partial charge in [0.25, 0.3) is 5.91 Å². The van der Waals surface area contributed by atoms with Gasteiger partial charge in [0.05, 0.1) is 17.4 Å². The van der Waals surface area contributed by atoms with Crippen LogP contribution in [0.4, 0.5) is 0 Å². The number of hydrogen-bond donors (Lipinski definition) is 1. The first-order valence-corrected chi connectivity index (χ1v) is 9.75. The monoisotopic (exact) mass is 377 g/mol. The van der Waals surface area contributed by atoms with E-state index in [1.54, 1.807) is 10.9 Å². The summed E-state index contributed by atoms with van der Waals surface area (Å²) in [5.41, 5.74) is 4.71. The van der Waals surface area contributed by atoms with Crippen LogP contribution in [-0.2, 0) is 13.5 Å². The zero-order chi connectivity index (χ0) is 20.1. The zero-order valence-electron chi connectivity index (χ0n) is 16.9. The molecule has 0 bridgehead atoms. The second kappa shape index (κ2) is 8.78. The molecule has 0 unspecified atom stereocenters. The molecule has 0 spiro atoms. The highest BCUT2D eigenvalue weighted by molar-refractivity contribution is 5.94. The third kappa shape index (κ3) is 4.27. The van der Waals surface area contributed by atoms with Crippen LogP contribution in [-0.4, -0.2) is 25.7 Å². The van der Waals surface area contributed by atoms with Crippen LogP contribution < -0.4 is 5.32 Å². The minimum atomic E-state index is -0.0905. The molecule has 0 aliphatic heterocycles. The molecule has 0 aliphatic rings. The highest BCUT2D eigenvalue weighted by Gasteiger charge is 2.17. The molecule has 1 atom stereocenters. The lowest BCUT2D eigenvalue weighted by atomic mass is 10.0. The van der Waals surface area contributed by atoms with Gasteiger partial charge in [0, 0.05) is 30.6 Å². The number of nitrogens with one attached hydrogen (secondary N) is 1. The number of aryl methyl sites for hydroxylation is 3. The quantitative estimate of drug-likeness (QED) is 0.675. The Balaban J connectivity index is 1.80. The number of carbonyl (C=O) groups excluding carboxylic acids is 1. The molecule has 3 aromatic rings. The predicted octanol–water partition coefficient (Wildman–Crippen LogP) is 4.02. The molecule has 3 rings (SSSR count). The Labute approximate surface area is 166 Å². The predicted molar refractivity (Wildman–Crippen MR) is 110 cm³/mol. The van der Waals surface area contributed by atoms with E-state index in [1.807, 2.05) is 57.4 Å². The first-order valence-electron chi connectivity index (χ1n) is 9.75. The molecule has 0 fully saturated rings. The minimum Gasteiger partial charge on any atom is -0.344 e. The van der Waals surface area contributed by atoms with Crippen molar-refractivity contribution in [3.05, 3.63) is 65.4 Å². The molecule has 0 aliphatic carbocycles. The number of amides is 1. The lowest BCUT2D eigenvalue weighted by molar-refractivity contribution is 0.0934. The lowest BCUT2D eigenvalue weighted by Gasteiger charge is -2.17. The molecular formula is C22H27N5O. The SMILES string of the molecule is CCCc1cnc(C)nc1-c1ccc(C(=O)N[C@@H](CC)c2ccnn2C)cc1. The van der Waals surface area contributed by atoms with E-state index < -0.39 is 0 Å². The maximum atomic E-state index is 12.7. The van der Waals surface area contributed by atoms with Crippen LogP contribution in [0.1, 0.15) is 60.2 Å². The van der Waals surface area contributed by atoms with Crippen LogP contribution in [0.3, 0.4) is 0 Å². The number of rotatable bonds is 7. The van der Waals surface area contributed by atoms with Gasteiger partial charge in [-0.1, -0.05) is 32.4 Å². The van der Waals surface area contributed by atoms with Crippen molar-refractivity contribution >= 4 is 5.91 Å². The summed E-state index contributed by atoms with van der Waals surface area (Å²) in [7, 11) is 1.89. The fourth-order valence-electron chi connectivity index (χ4n) is 3.33. The molecule has 0 saturated carbocycles. The number of aromatic nitrogens is 4. The van der Waals surface area contributed by atoms with E-state index >= 15 is 0 Å². The van der Waals surface area contributed by atoms with E-state index in [-0.39, 0.29) is 11.9 Å². The van der Waals surface area contributed by atoms with Gasteiger partial charge in [-0.2, -0.15) is 5.10 Å². The summed E-state index contributed by atoms with van der Waals surface area (Å²) < 4.78 is 1.80. The fourth-order valence-corrected chi connectivity index (χ4v) is 3.33. The van der Waals surface area contributed by atoms with E-state index in [0.717, 1.165) is 47.6 Å². The van der Waals surface area contributed by atoms with Crippen molar-refractivity contribution in [2.75, 3.05) is 0 Å². The normalized spacial score (nSPS) is 12.0. The molecular weight excluding hydrogens is 350 g/mol. The van der Waals surface area contributed by atoms with E-state index in [9.17, 15) is 4.79 Å². The standard InChI is InChI=1S/C22H27N5O/c1-5-7-18-14-23-15(3)25-21(18)16-8-10-17(11-9-16)22(28)26-19(6-2)20-12-13-24-27(20)4/h8-14,19H,5-7H2,1-4H3,(H,26,28)/t19-/m0/s1. The molecule has 6 heteroatoms. The second-order valence-corrected chi connectivity index (χ2v) is 6.93. The molecule has 2 heterocycles. The minimum absolute atomic E-state index is 0.0691. The van der Waals surface area contributed by atoms with Crippen LogP contribution >= 0.6 is 0 Å². The van der Waals surface area contributed by atoms with Crippen molar-refractivity contribution in [2.24, 2.45) is 7.05 Å². The summed E-state index contributed by atoms with van der Waals surface area (Å²) in [6.07, 6.45) is 6.41. The fraction of sp³-hybridized carbons (Fsp3) is 0.364. The molecule has 146 valence electrons. The van der Waals surface area contributed by atoms with Gasteiger partial charge >= 0.3 is 0 Å². The van der Waals surface area contributed by atoms with E-state index in [0.29, 0.717) is 5.56 Å². The molecule has 2 aromatic heterocycles. The summed E-state index contributed by atoms with van der Waals surface area (Å²) in [6.45, 7) is 6.08. The van der Waals surface area contributed by atoms with Crippen molar-refractivity contribution in [3.63, 3.8) is 0 Å². The molecule has 6 nitrogen and oxygen atoms in total. The van der Waals surface area contributed by atoms with Crippen molar-refractivity contribution in [1.82, 2.24) is 25.1 Å². The van der Waals surface area contributed by atoms with Gasteiger partial charge < -0.3 is 5.32 Å². The molecule has 1 aromatic carbocycles. The Morgan fingerprint density at radius 3 is 2.54 bits per heavy atom. The summed E-state index contributed by atoms with van der Waals surface area (Å²) in [5.74, 6) is 0.658. The van der Waals surface area contributed by atoms with Crippen molar-refractivity contribution in [2.45, 2.75) is 46.1 Å². The van der Waals surface area contributed by atoms with Gasteiger partial charge in [0.1, 0.15) is 5.82 Å². The zero-order valence-corrected chi connectivity index (χ0v) is 16.9. The van der Waals surface area contributed by atoms with Gasteiger partial charge in [0.2, 0.25) is 0 Å². The smallest absolute Gasteiger partial charge is 0.251 e. The largest absolute Gasteiger partial charge is 0.344 e. The first-order chi connectivity index (χ1) is 13.5. The summed E-state index contributed by atoms with van der Waals surface area (Å²) >= 11 is 0. The van der Waals surface area contributed by atoms with Crippen LogP contribution in [0.2, 0.25) is 0 Å². The van der Waals surface area contributed by atoms with Crippen molar-refractivity contribution < 1.29 is 4.79 Å². The highest BCUT2D eigenvalue weighted by Crippen LogP contribution is 2.23. The van der Waals surface area contributed by atoms with Crippen LogP contribution in [0, 0.1) is 6.92 Å². The van der Waals surface area contributed by atoms with Crippen LogP contribution in [0.5, 0.6) is 0 Å². The molecule has 0 radical (unpaired) electrons. The average molecular weight is 377 g/mol. The van der Waals surface area contributed by atoms with E-state index in [1.165, 1.54) is 0 Å². The Kier molecular flexibility index (Phi) is 6.19. The van der Waals surface area contributed by atoms with Gasteiger partial charge in [-0.15, -0.1) is 0 Å². The Morgan fingerprint density at radius 1 is 1.18 bits per heavy atom. The third-order valence-corrected chi connectivity index (χ3v) is 4.85. The van der Waals surface area contributed by atoms with E-state index in [4.69, 9.17) is 0 Å². The van der Waals surface area contributed by atoms with Gasteiger partial charge in [-0.3, -0.25) is 9.48 Å². The maximum absolute atomic E-state index is 12.7. The molecule has 1 N–H and O–H groups in total. The topological polar surface area (TPSA) is 72.7 Å². The summed E-state index contributed by atoms with van der Waals surface area (Å²) in [5, 5.41) is 7.30. The number of carbonyl (C=O) groups is 1. The van der Waals surface area contributed by atoms with Gasteiger partial charge in [0.15, 0.2) is 0 Å². The lowest BCUT2D eigenvalue weighted by Crippen LogP contribution is -2.29. The Hall–Kier alpha value is -3.02. The number of nitrogens with zero attached hydrogens (tertiary/aromatic N) is 4. The van der Waals surface area contributed by atoms with Crippen molar-refractivity contribution in [3.8, 4) is 11.3 Å². The Morgan fingerprint density at radius 2 is 1.93 bits per heavy atom. The van der Waals surface area contributed by atoms with Crippen LogP contribution in [0.15, 0.2) is 42.7 Å². The summed E-state index contributed by atoms with van der Waals surface area (Å²) in [6, 6.07) is 9.49. The first kappa shape index (κ1) is 19.7. The second-order valence-electron chi connectivity index (χ2n) is 6.93. The highest BCUT2D eigenvalue weighted by atomic mass is 16.1. The van der Waals surface area contributed by atoms with Gasteiger partial charge in [-0.05, 0) is 43.5 Å². The molecule has 28 heavy (non-hydrogen) atoms. The third-order valence-electron chi connectivity index (χ3n) is 4.85. The van der Waals surface area contributed by atoms with Crippen molar-refractivity contribution in [1.29, 1.82) is 0 Å². The maximum Gasteiger partial charge on any atom is 0.251 e. The van der Waals surface area contributed by atoms with Gasteiger partial charge in [-0.25, -0.2) is 9.97 Å². The molecule has 0 saturated heterocycles. The summed E-state index contributed by atoms with van der Waals surface area (Å²) in [4.78, 5) is 21.7. The van der Waals surface area contributed by atoms with Crippen LogP contribution in [0.25, 0.3) is 11.3 Å². The number of hydrogen-bond acceptors (Lipinski definition) is 4. The number of benzene rings is 1. The average Bonchev–Trinajstić information content (AvgIpc) is 3.13.